The van der Waals surface area contributed by atoms with Gasteiger partial charge in [0, 0.05) is 27.1 Å². The lowest BCUT2D eigenvalue weighted by molar-refractivity contribution is -0.130. The van der Waals surface area contributed by atoms with Crippen LogP contribution in [0, 0.1) is 0 Å². The van der Waals surface area contributed by atoms with Crippen LogP contribution in [-0.2, 0) is 16.1 Å². The van der Waals surface area contributed by atoms with Crippen molar-refractivity contribution in [3.8, 4) is 0 Å². The van der Waals surface area contributed by atoms with Crippen LogP contribution in [0.2, 0.25) is 0 Å². The highest BCUT2D eigenvalue weighted by Gasteiger charge is 2.08. The van der Waals surface area contributed by atoms with Crippen LogP contribution in [0.1, 0.15) is 19.4 Å². The molecule has 1 aromatic carbocycles. The Bertz CT molecular complexity index is 336. The van der Waals surface area contributed by atoms with E-state index in [1.165, 1.54) is 0 Å². The molecule has 0 radical (unpaired) electrons. The van der Waals surface area contributed by atoms with E-state index in [1.807, 2.05) is 37.3 Å². The number of carbonyl (C=O) groups is 1. The summed E-state index contributed by atoms with van der Waals surface area (Å²) in [6, 6.07) is 9.95. The third-order valence-corrected chi connectivity index (χ3v) is 2.23. The molecule has 0 N–H and O–H groups in total. The van der Waals surface area contributed by atoms with Gasteiger partial charge in [0.15, 0.2) is 0 Å². The second-order valence-electron chi connectivity index (χ2n) is 3.83. The Morgan fingerprint density at radius 2 is 1.94 bits per heavy atom. The second-order valence-corrected chi connectivity index (χ2v) is 3.83. The second kappa shape index (κ2) is 10.5. The molecule has 1 rings (SSSR count). The Labute approximate surface area is 110 Å². The molecule has 1 amide bonds. The van der Waals surface area contributed by atoms with Crippen LogP contribution in [0.25, 0.3) is 0 Å². The smallest absolute Gasteiger partial charge is 0.219 e. The van der Waals surface area contributed by atoms with Gasteiger partial charge >= 0.3 is 0 Å². The van der Waals surface area contributed by atoms with E-state index >= 15 is 0 Å². The highest BCUT2D eigenvalue weighted by atomic mass is 16.5. The summed E-state index contributed by atoms with van der Waals surface area (Å²) >= 11 is 0. The minimum absolute atomic E-state index is 0.0795. The Kier molecular flexibility index (Phi) is 9.60. The van der Waals surface area contributed by atoms with Gasteiger partial charge in [0.1, 0.15) is 0 Å². The lowest BCUT2D eigenvalue weighted by atomic mass is 10.2. The summed E-state index contributed by atoms with van der Waals surface area (Å²) in [4.78, 5) is 13.1. The fourth-order valence-corrected chi connectivity index (χ4v) is 1.35. The molecule has 0 spiro atoms. The van der Waals surface area contributed by atoms with E-state index in [2.05, 4.69) is 6.58 Å². The van der Waals surface area contributed by atoms with Gasteiger partial charge in [0.25, 0.3) is 0 Å². The lowest BCUT2D eigenvalue weighted by Gasteiger charge is -2.20. The number of methoxy groups -OCH3 is 1. The highest BCUT2D eigenvalue weighted by Crippen LogP contribution is 2.04. The number of benzene rings is 1. The van der Waals surface area contributed by atoms with E-state index in [9.17, 15) is 4.79 Å². The Hall–Kier alpha value is -1.61. The summed E-state index contributed by atoms with van der Waals surface area (Å²) in [6.45, 7) is 8.70. The number of ether oxygens (including phenoxy) is 1. The third-order valence-electron chi connectivity index (χ3n) is 2.23. The summed E-state index contributed by atoms with van der Waals surface area (Å²) in [6.07, 6.45) is 1.75. The summed E-state index contributed by atoms with van der Waals surface area (Å²) in [7, 11) is 1.64. The van der Waals surface area contributed by atoms with Crippen LogP contribution < -0.4 is 0 Å². The molecule has 0 saturated carbocycles. The van der Waals surface area contributed by atoms with Crippen LogP contribution in [0.15, 0.2) is 43.0 Å². The molecule has 0 bridgehead atoms. The van der Waals surface area contributed by atoms with E-state index < -0.39 is 0 Å². The van der Waals surface area contributed by atoms with Crippen molar-refractivity contribution in [2.75, 3.05) is 20.3 Å². The van der Waals surface area contributed by atoms with E-state index in [4.69, 9.17) is 4.74 Å². The van der Waals surface area contributed by atoms with Gasteiger partial charge in [-0.15, -0.1) is 6.58 Å². The first-order chi connectivity index (χ1) is 8.65. The first kappa shape index (κ1) is 16.4. The van der Waals surface area contributed by atoms with Gasteiger partial charge in [0.2, 0.25) is 5.91 Å². The third kappa shape index (κ3) is 7.63. The minimum Gasteiger partial charge on any atom is -0.383 e. The van der Waals surface area contributed by atoms with Gasteiger partial charge in [-0.25, -0.2) is 0 Å². The van der Waals surface area contributed by atoms with E-state index in [0.29, 0.717) is 19.7 Å². The molecule has 0 saturated heterocycles. The van der Waals surface area contributed by atoms with Crippen molar-refractivity contribution in [1.82, 2.24) is 4.90 Å². The van der Waals surface area contributed by atoms with Crippen molar-refractivity contribution in [2.45, 2.75) is 20.4 Å². The monoisotopic (exact) mass is 249 g/mol. The SMILES string of the molecule is C=CC.COCCN(Cc1ccccc1)C(C)=O. The molecule has 0 heterocycles. The van der Waals surface area contributed by atoms with E-state index in [-0.39, 0.29) is 5.91 Å². The molecule has 0 aliphatic rings. The number of allylic oxidation sites excluding steroid dienone is 1. The zero-order valence-corrected chi connectivity index (χ0v) is 11.6. The molecule has 0 aromatic heterocycles. The predicted octanol–water partition coefficient (Wildman–Crippen LogP) is 2.87. The molecule has 0 fully saturated rings. The molecule has 0 aliphatic carbocycles. The van der Waals surface area contributed by atoms with Crippen molar-refractivity contribution in [3.05, 3.63) is 48.6 Å². The summed E-state index contributed by atoms with van der Waals surface area (Å²) < 4.78 is 4.97. The molecule has 0 aliphatic heterocycles. The average molecular weight is 249 g/mol. The molecule has 3 heteroatoms. The maximum Gasteiger partial charge on any atom is 0.219 e. The van der Waals surface area contributed by atoms with Crippen LogP contribution in [0.5, 0.6) is 0 Å². The van der Waals surface area contributed by atoms with Gasteiger partial charge in [-0.3, -0.25) is 4.79 Å². The molecule has 3 nitrogen and oxygen atoms in total. The van der Waals surface area contributed by atoms with Crippen molar-refractivity contribution < 1.29 is 9.53 Å². The maximum absolute atomic E-state index is 11.3. The molecule has 18 heavy (non-hydrogen) atoms. The van der Waals surface area contributed by atoms with Crippen LogP contribution >= 0.6 is 0 Å². The Balaban J connectivity index is 0.000000873. The molecule has 1 aromatic rings. The zero-order valence-electron chi connectivity index (χ0n) is 11.6. The number of rotatable bonds is 5. The van der Waals surface area contributed by atoms with Crippen molar-refractivity contribution in [2.24, 2.45) is 0 Å². The number of amides is 1. The topological polar surface area (TPSA) is 29.5 Å². The van der Waals surface area contributed by atoms with Crippen molar-refractivity contribution >= 4 is 5.91 Å². The van der Waals surface area contributed by atoms with Crippen LogP contribution in [0.4, 0.5) is 0 Å². The lowest BCUT2D eigenvalue weighted by Crippen LogP contribution is -2.31. The number of nitrogens with zero attached hydrogens (tertiary/aromatic N) is 1. The Morgan fingerprint density at radius 1 is 1.39 bits per heavy atom. The largest absolute Gasteiger partial charge is 0.383 e. The molecule has 100 valence electrons. The summed E-state index contributed by atoms with van der Waals surface area (Å²) in [5, 5.41) is 0. The molecular formula is C15H23NO2. The van der Waals surface area contributed by atoms with Gasteiger partial charge in [0.05, 0.1) is 6.61 Å². The minimum atomic E-state index is 0.0795. The van der Waals surface area contributed by atoms with Crippen LogP contribution in [-0.4, -0.2) is 31.1 Å². The standard InChI is InChI=1S/C12H17NO2.C3H6/c1-11(14)13(8-9-15-2)10-12-6-4-3-5-7-12;1-3-2/h3-7H,8-10H2,1-2H3;3H,1H2,2H3. The van der Waals surface area contributed by atoms with Gasteiger partial charge < -0.3 is 9.64 Å². The average Bonchev–Trinajstić information content (AvgIpc) is 2.36. The number of hydrogen-bond acceptors (Lipinski definition) is 2. The predicted molar refractivity (Wildman–Crippen MR) is 75.3 cm³/mol. The van der Waals surface area contributed by atoms with Crippen molar-refractivity contribution in [1.29, 1.82) is 0 Å². The molecule has 0 unspecified atom stereocenters. The zero-order chi connectivity index (χ0) is 13.8. The maximum atomic E-state index is 11.3. The van der Waals surface area contributed by atoms with Gasteiger partial charge in [-0.1, -0.05) is 36.4 Å². The molecular weight excluding hydrogens is 226 g/mol. The van der Waals surface area contributed by atoms with Gasteiger partial charge in [-0.2, -0.15) is 0 Å². The van der Waals surface area contributed by atoms with E-state index in [1.54, 1.807) is 25.0 Å². The van der Waals surface area contributed by atoms with Crippen LogP contribution in [0.3, 0.4) is 0 Å². The first-order valence-corrected chi connectivity index (χ1v) is 6.01. The normalized spacial score (nSPS) is 9.06. The number of hydrogen-bond donors (Lipinski definition) is 0. The van der Waals surface area contributed by atoms with Crippen molar-refractivity contribution in [3.63, 3.8) is 0 Å². The fraction of sp³-hybridized carbons (Fsp3) is 0.400. The quantitative estimate of drug-likeness (QED) is 0.751. The summed E-state index contributed by atoms with van der Waals surface area (Å²) in [5.41, 5.74) is 1.14. The van der Waals surface area contributed by atoms with Gasteiger partial charge in [-0.05, 0) is 12.5 Å². The van der Waals surface area contributed by atoms with E-state index in [0.717, 1.165) is 5.56 Å². The first-order valence-electron chi connectivity index (χ1n) is 6.01. The highest BCUT2D eigenvalue weighted by molar-refractivity contribution is 5.73. The number of carbonyl (C=O) groups excluding carboxylic acids is 1. The Morgan fingerprint density at radius 3 is 2.39 bits per heavy atom. The fourth-order valence-electron chi connectivity index (χ4n) is 1.35. The molecule has 0 atom stereocenters. The summed E-state index contributed by atoms with van der Waals surface area (Å²) in [5.74, 6) is 0.0795.